The van der Waals surface area contributed by atoms with Crippen molar-refractivity contribution >= 4 is 40.1 Å². The number of fused-ring (bicyclic) bond motifs is 1. The second kappa shape index (κ2) is 10.4. The fourth-order valence-corrected chi connectivity index (χ4v) is 3.44. The summed E-state index contributed by atoms with van der Waals surface area (Å²) in [6.45, 7) is 6.29. The third kappa shape index (κ3) is 5.95. The van der Waals surface area contributed by atoms with Crippen LogP contribution in [0.25, 0.3) is 11.0 Å². The van der Waals surface area contributed by atoms with Crippen molar-refractivity contribution in [3.63, 3.8) is 0 Å². The minimum atomic E-state index is -0.377. The Morgan fingerprint density at radius 2 is 1.88 bits per heavy atom. The zero-order valence-corrected chi connectivity index (χ0v) is 19.2. The molecular weight excluding hydrogens is 428 g/mol. The number of nitrogens with one attached hydrogen (secondary N) is 2. The maximum absolute atomic E-state index is 13.1. The number of benzene rings is 2. The van der Waals surface area contributed by atoms with Gasteiger partial charge in [-0.05, 0) is 42.7 Å². The third-order valence-corrected chi connectivity index (χ3v) is 5.23. The molecule has 0 aliphatic rings. The number of nitrogens with zero attached hydrogens (tertiary/aromatic N) is 2. The van der Waals surface area contributed by atoms with E-state index in [1.807, 2.05) is 32.9 Å². The summed E-state index contributed by atoms with van der Waals surface area (Å²) in [4.78, 5) is 42.5. The van der Waals surface area contributed by atoms with Gasteiger partial charge in [-0.1, -0.05) is 43.6 Å². The maximum atomic E-state index is 13.1. The Morgan fingerprint density at radius 3 is 2.62 bits per heavy atom. The number of carbonyl (C=O) groups excluding carboxylic acids is 2. The highest BCUT2D eigenvalue weighted by molar-refractivity contribution is 6.31. The molecule has 0 spiro atoms. The van der Waals surface area contributed by atoms with Crippen LogP contribution >= 0.6 is 11.6 Å². The zero-order chi connectivity index (χ0) is 23.3. The summed E-state index contributed by atoms with van der Waals surface area (Å²) < 4.78 is 1.40. The number of aromatic nitrogens is 2. The summed E-state index contributed by atoms with van der Waals surface area (Å²) in [5, 5.41) is 6.17. The summed E-state index contributed by atoms with van der Waals surface area (Å²) in [7, 11) is 0. The number of hydrogen-bond donors (Lipinski definition) is 2. The molecule has 8 heteroatoms. The van der Waals surface area contributed by atoms with Gasteiger partial charge in [0.1, 0.15) is 12.2 Å². The SMILES string of the molecule is Cc1ccc(Cl)cc1NC(=O)Cn1c(=O)c(CCC(=O)NCC(C)C)nc2ccccc21. The molecular formula is C24H27ClN4O3. The first kappa shape index (κ1) is 23.5. The Labute approximate surface area is 191 Å². The lowest BCUT2D eigenvalue weighted by atomic mass is 10.2. The number of para-hydroxylation sites is 2. The molecule has 0 unspecified atom stereocenters. The predicted octanol–water partition coefficient (Wildman–Crippen LogP) is 3.70. The fraction of sp³-hybridized carbons (Fsp3) is 0.333. The highest BCUT2D eigenvalue weighted by atomic mass is 35.5. The predicted molar refractivity (Wildman–Crippen MR) is 127 cm³/mol. The molecule has 0 saturated carbocycles. The Morgan fingerprint density at radius 1 is 1.12 bits per heavy atom. The van der Waals surface area contributed by atoms with Crippen LogP contribution in [0.2, 0.25) is 5.02 Å². The molecule has 7 nitrogen and oxygen atoms in total. The van der Waals surface area contributed by atoms with E-state index in [2.05, 4.69) is 15.6 Å². The van der Waals surface area contributed by atoms with Crippen LogP contribution in [-0.4, -0.2) is 27.9 Å². The number of anilines is 1. The smallest absolute Gasteiger partial charge is 0.273 e. The zero-order valence-electron chi connectivity index (χ0n) is 18.4. The number of carbonyl (C=O) groups is 2. The number of halogens is 1. The van der Waals surface area contributed by atoms with E-state index < -0.39 is 0 Å². The Balaban J connectivity index is 1.84. The van der Waals surface area contributed by atoms with Gasteiger partial charge in [-0.15, -0.1) is 0 Å². The minimum Gasteiger partial charge on any atom is -0.356 e. The van der Waals surface area contributed by atoms with E-state index in [0.29, 0.717) is 34.2 Å². The van der Waals surface area contributed by atoms with Crippen molar-refractivity contribution in [2.75, 3.05) is 11.9 Å². The summed E-state index contributed by atoms with van der Waals surface area (Å²) in [6, 6.07) is 12.4. The molecule has 3 rings (SSSR count). The third-order valence-electron chi connectivity index (χ3n) is 4.99. The number of hydrogen-bond acceptors (Lipinski definition) is 4. The Kier molecular flexibility index (Phi) is 7.64. The molecule has 2 aromatic carbocycles. The van der Waals surface area contributed by atoms with E-state index in [-0.39, 0.29) is 42.5 Å². The van der Waals surface area contributed by atoms with Gasteiger partial charge in [-0.2, -0.15) is 0 Å². The monoisotopic (exact) mass is 454 g/mol. The van der Waals surface area contributed by atoms with Crippen LogP contribution in [0.15, 0.2) is 47.3 Å². The van der Waals surface area contributed by atoms with Gasteiger partial charge in [-0.25, -0.2) is 4.98 Å². The van der Waals surface area contributed by atoms with E-state index in [1.165, 1.54) is 4.57 Å². The first-order valence-electron chi connectivity index (χ1n) is 10.6. The topological polar surface area (TPSA) is 93.1 Å². The molecule has 0 aliphatic heterocycles. The van der Waals surface area contributed by atoms with Gasteiger partial charge in [0.05, 0.1) is 11.0 Å². The van der Waals surface area contributed by atoms with Gasteiger partial charge >= 0.3 is 0 Å². The molecule has 32 heavy (non-hydrogen) atoms. The van der Waals surface area contributed by atoms with Crippen molar-refractivity contribution in [1.29, 1.82) is 0 Å². The molecule has 168 valence electrons. The van der Waals surface area contributed by atoms with Gasteiger partial charge in [0.2, 0.25) is 11.8 Å². The largest absolute Gasteiger partial charge is 0.356 e. The number of rotatable bonds is 8. The first-order chi connectivity index (χ1) is 15.2. The molecule has 1 heterocycles. The molecule has 1 aromatic heterocycles. The lowest BCUT2D eigenvalue weighted by Gasteiger charge is -2.14. The maximum Gasteiger partial charge on any atom is 0.273 e. The first-order valence-corrected chi connectivity index (χ1v) is 10.9. The number of amides is 2. The second-order valence-electron chi connectivity index (χ2n) is 8.14. The Bertz CT molecular complexity index is 1200. The highest BCUT2D eigenvalue weighted by Gasteiger charge is 2.15. The van der Waals surface area contributed by atoms with Crippen molar-refractivity contribution in [2.24, 2.45) is 5.92 Å². The molecule has 0 atom stereocenters. The van der Waals surface area contributed by atoms with Crippen LogP contribution in [0.5, 0.6) is 0 Å². The fourth-order valence-electron chi connectivity index (χ4n) is 3.27. The lowest BCUT2D eigenvalue weighted by molar-refractivity contribution is -0.121. The van der Waals surface area contributed by atoms with Crippen LogP contribution in [0.3, 0.4) is 0 Å². The molecule has 0 bridgehead atoms. The quantitative estimate of drug-likeness (QED) is 0.542. The van der Waals surface area contributed by atoms with Gasteiger partial charge < -0.3 is 10.6 Å². The standard InChI is InChI=1S/C24H27ClN4O3/c1-15(2)13-26-22(30)11-10-19-24(32)29(21-7-5-4-6-18(21)27-19)14-23(31)28-20-12-17(25)9-8-16(20)3/h4-9,12,15H,10-11,13-14H2,1-3H3,(H,26,30)(H,28,31). The summed E-state index contributed by atoms with van der Waals surface area (Å²) in [5.74, 6) is -0.139. The van der Waals surface area contributed by atoms with Gasteiger partial charge in [0.25, 0.3) is 5.56 Å². The van der Waals surface area contributed by atoms with Crippen LogP contribution in [0.1, 0.15) is 31.5 Å². The summed E-state index contributed by atoms with van der Waals surface area (Å²) in [5.41, 5.74) is 2.49. The van der Waals surface area contributed by atoms with E-state index in [1.54, 1.807) is 30.3 Å². The van der Waals surface area contributed by atoms with Gasteiger partial charge in [-0.3, -0.25) is 19.0 Å². The summed E-state index contributed by atoms with van der Waals surface area (Å²) >= 11 is 6.04. The summed E-state index contributed by atoms with van der Waals surface area (Å²) in [6.07, 6.45) is 0.351. The normalized spacial score (nSPS) is 11.0. The Hall–Kier alpha value is -3.19. The molecule has 0 saturated heterocycles. The van der Waals surface area contributed by atoms with Crippen molar-refractivity contribution in [3.8, 4) is 0 Å². The molecule has 0 aliphatic carbocycles. The second-order valence-corrected chi connectivity index (χ2v) is 8.58. The highest BCUT2D eigenvalue weighted by Crippen LogP contribution is 2.20. The number of aryl methyl sites for hydroxylation is 2. The van der Waals surface area contributed by atoms with Crippen molar-refractivity contribution in [2.45, 2.75) is 40.2 Å². The van der Waals surface area contributed by atoms with Crippen LogP contribution in [0.4, 0.5) is 5.69 Å². The lowest BCUT2D eigenvalue weighted by Crippen LogP contribution is -2.32. The van der Waals surface area contributed by atoms with Crippen LogP contribution in [-0.2, 0) is 22.6 Å². The van der Waals surface area contributed by atoms with Crippen molar-refractivity contribution < 1.29 is 9.59 Å². The molecule has 2 amide bonds. The van der Waals surface area contributed by atoms with E-state index >= 15 is 0 Å². The molecule has 2 N–H and O–H groups in total. The minimum absolute atomic E-state index is 0.131. The van der Waals surface area contributed by atoms with Gasteiger partial charge in [0, 0.05) is 30.1 Å². The average Bonchev–Trinajstić information content (AvgIpc) is 2.75. The molecule has 3 aromatic rings. The average molecular weight is 455 g/mol. The van der Waals surface area contributed by atoms with Gasteiger partial charge in [0.15, 0.2) is 0 Å². The van der Waals surface area contributed by atoms with Crippen LogP contribution < -0.4 is 16.2 Å². The van der Waals surface area contributed by atoms with Crippen molar-refractivity contribution in [3.05, 3.63) is 69.1 Å². The van der Waals surface area contributed by atoms with Crippen molar-refractivity contribution in [1.82, 2.24) is 14.9 Å². The van der Waals surface area contributed by atoms with Crippen LogP contribution in [0, 0.1) is 12.8 Å². The molecule has 0 fully saturated rings. The van der Waals surface area contributed by atoms with E-state index in [9.17, 15) is 14.4 Å². The molecule has 0 radical (unpaired) electrons. The van der Waals surface area contributed by atoms with E-state index in [0.717, 1.165) is 5.56 Å². The van der Waals surface area contributed by atoms with E-state index in [4.69, 9.17) is 11.6 Å².